The first-order valence-electron chi connectivity index (χ1n) is 7.41. The second kappa shape index (κ2) is 8.32. The Bertz CT molecular complexity index is 978. The molecule has 0 aliphatic rings. The Morgan fingerprint density at radius 3 is 2.58 bits per heavy atom. The lowest BCUT2D eigenvalue weighted by Gasteiger charge is -2.08. The average molecular weight is 430 g/mol. The quantitative estimate of drug-likeness (QED) is 0.576. The Morgan fingerprint density at radius 1 is 1.08 bits per heavy atom. The van der Waals surface area contributed by atoms with Gasteiger partial charge in [0.05, 0.1) is 19.8 Å². The summed E-state index contributed by atoms with van der Waals surface area (Å²) in [6.45, 7) is 0.171. The first kappa shape index (κ1) is 19.1. The van der Waals surface area contributed by atoms with Gasteiger partial charge in [-0.3, -0.25) is 0 Å². The van der Waals surface area contributed by atoms with Crippen molar-refractivity contribution in [1.82, 2.24) is 14.9 Å². The van der Waals surface area contributed by atoms with Crippen LogP contribution in [0.1, 0.15) is 0 Å². The molecule has 1 aromatic carbocycles. The minimum absolute atomic E-state index is 0.0343. The van der Waals surface area contributed by atoms with Crippen molar-refractivity contribution >= 4 is 44.6 Å². The molecule has 6 nitrogen and oxygen atoms in total. The third-order valence-corrected chi connectivity index (χ3v) is 6.35. The van der Waals surface area contributed by atoms with Gasteiger partial charge >= 0.3 is 0 Å². The van der Waals surface area contributed by atoms with Crippen LogP contribution in [0.15, 0.2) is 52.7 Å². The van der Waals surface area contributed by atoms with Crippen molar-refractivity contribution in [2.45, 2.75) is 4.90 Å². The van der Waals surface area contributed by atoms with Crippen LogP contribution >= 0.6 is 34.5 Å². The predicted molar refractivity (Wildman–Crippen MR) is 102 cm³/mol. The summed E-state index contributed by atoms with van der Waals surface area (Å²) >= 11 is 13.2. The number of hydrogen-bond donors (Lipinski definition) is 1. The highest BCUT2D eigenvalue weighted by atomic mass is 35.5. The molecule has 0 aliphatic heterocycles. The summed E-state index contributed by atoms with van der Waals surface area (Å²) in [5.41, 5.74) is 0.757. The Morgan fingerprint density at radius 2 is 1.92 bits per heavy atom. The first-order chi connectivity index (χ1) is 12.5. The van der Waals surface area contributed by atoms with Crippen molar-refractivity contribution in [3.8, 4) is 16.5 Å². The largest absolute Gasteiger partial charge is 0.475 e. The second-order valence-corrected chi connectivity index (χ2v) is 8.59. The normalized spacial score (nSPS) is 11.5. The highest BCUT2D eigenvalue weighted by molar-refractivity contribution is 7.89. The van der Waals surface area contributed by atoms with Crippen LogP contribution in [0, 0.1) is 0 Å². The van der Waals surface area contributed by atoms with Crippen LogP contribution in [-0.4, -0.2) is 31.8 Å². The third kappa shape index (κ3) is 4.72. The lowest BCUT2D eigenvalue weighted by molar-refractivity contribution is 0.307. The van der Waals surface area contributed by atoms with E-state index < -0.39 is 10.0 Å². The van der Waals surface area contributed by atoms with Crippen LogP contribution in [0.5, 0.6) is 5.88 Å². The molecule has 0 saturated heterocycles. The van der Waals surface area contributed by atoms with Crippen LogP contribution in [0.4, 0.5) is 0 Å². The molecule has 0 spiro atoms. The lowest BCUT2D eigenvalue weighted by Crippen LogP contribution is -2.28. The fraction of sp³-hybridized carbons (Fsp3) is 0.125. The first-order valence-corrected chi connectivity index (χ1v) is 10.5. The highest BCUT2D eigenvalue weighted by Crippen LogP contribution is 2.25. The van der Waals surface area contributed by atoms with Gasteiger partial charge in [-0.25, -0.2) is 13.1 Å². The van der Waals surface area contributed by atoms with Gasteiger partial charge in [-0.2, -0.15) is 0 Å². The Kier molecular flexibility index (Phi) is 6.10. The van der Waals surface area contributed by atoms with Crippen LogP contribution in [-0.2, 0) is 10.0 Å². The molecular formula is C16H13Cl2N3O3S2. The van der Waals surface area contributed by atoms with E-state index >= 15 is 0 Å². The molecule has 0 radical (unpaired) electrons. The van der Waals surface area contributed by atoms with Gasteiger partial charge in [0.15, 0.2) is 0 Å². The number of ether oxygens (including phenoxy) is 1. The van der Waals surface area contributed by atoms with E-state index in [0.29, 0.717) is 10.9 Å². The Labute approximate surface area is 164 Å². The van der Waals surface area contributed by atoms with Crippen LogP contribution in [0.25, 0.3) is 10.6 Å². The molecule has 2 aromatic heterocycles. The molecular weight excluding hydrogens is 417 g/mol. The van der Waals surface area contributed by atoms with Crippen LogP contribution in [0.3, 0.4) is 0 Å². The predicted octanol–water partition coefficient (Wildman–Crippen LogP) is 3.87. The molecule has 10 heteroatoms. The molecule has 26 heavy (non-hydrogen) atoms. The number of nitrogens with zero attached hydrogens (tertiary/aromatic N) is 2. The molecule has 2 heterocycles. The number of hydrogen-bond acceptors (Lipinski definition) is 6. The van der Waals surface area contributed by atoms with Gasteiger partial charge in [-0.1, -0.05) is 29.3 Å². The summed E-state index contributed by atoms with van der Waals surface area (Å²) in [6, 6.07) is 11.5. The molecule has 1 N–H and O–H groups in total. The Hall–Kier alpha value is -1.71. The summed E-state index contributed by atoms with van der Waals surface area (Å²) in [6.07, 6.45) is 0. The SMILES string of the molecule is O=S(=O)(NCCOc1ccc(-c2cccs2)nn1)c1ccc(Cl)c(Cl)c1. The van der Waals surface area contributed by atoms with Gasteiger partial charge in [-0.15, -0.1) is 21.5 Å². The highest BCUT2D eigenvalue weighted by Gasteiger charge is 2.15. The molecule has 0 amide bonds. The van der Waals surface area contributed by atoms with E-state index in [1.165, 1.54) is 18.2 Å². The van der Waals surface area contributed by atoms with Crippen molar-refractivity contribution in [2.24, 2.45) is 0 Å². The third-order valence-electron chi connectivity index (χ3n) is 3.26. The monoisotopic (exact) mass is 429 g/mol. The number of thiophene rings is 1. The van der Waals surface area contributed by atoms with Gasteiger partial charge in [0, 0.05) is 12.6 Å². The zero-order chi connectivity index (χ0) is 18.6. The van der Waals surface area contributed by atoms with Gasteiger partial charge in [0.1, 0.15) is 12.3 Å². The number of benzene rings is 1. The van der Waals surface area contributed by atoms with Crippen molar-refractivity contribution < 1.29 is 13.2 Å². The van der Waals surface area contributed by atoms with Gasteiger partial charge in [0.2, 0.25) is 15.9 Å². The van der Waals surface area contributed by atoms with E-state index in [1.807, 2.05) is 17.5 Å². The van der Waals surface area contributed by atoms with Crippen LogP contribution < -0.4 is 9.46 Å². The lowest BCUT2D eigenvalue weighted by atomic mass is 10.3. The van der Waals surface area contributed by atoms with E-state index in [9.17, 15) is 8.42 Å². The standard InChI is InChI=1S/C16H13Cl2N3O3S2/c17-12-4-3-11(10-13(12)18)26(22,23)19-7-8-24-16-6-5-14(20-21-16)15-2-1-9-25-15/h1-6,9-10,19H,7-8H2. The molecule has 0 fully saturated rings. The number of aromatic nitrogens is 2. The molecule has 0 unspecified atom stereocenters. The van der Waals surface area contributed by atoms with Crippen molar-refractivity contribution in [1.29, 1.82) is 0 Å². The summed E-state index contributed by atoms with van der Waals surface area (Å²) < 4.78 is 32.2. The summed E-state index contributed by atoms with van der Waals surface area (Å²) in [5, 5.41) is 10.5. The minimum atomic E-state index is -3.70. The molecule has 3 aromatic rings. The second-order valence-electron chi connectivity index (χ2n) is 5.06. The van der Waals surface area contributed by atoms with E-state index in [-0.39, 0.29) is 23.1 Å². The number of rotatable bonds is 7. The number of sulfonamides is 1. The van der Waals surface area contributed by atoms with Gasteiger partial charge in [-0.05, 0) is 35.7 Å². The minimum Gasteiger partial charge on any atom is -0.475 e. The van der Waals surface area contributed by atoms with Gasteiger partial charge < -0.3 is 4.74 Å². The van der Waals surface area contributed by atoms with E-state index in [4.69, 9.17) is 27.9 Å². The fourth-order valence-corrected chi connectivity index (χ4v) is 4.10. The summed E-state index contributed by atoms with van der Waals surface area (Å²) in [7, 11) is -3.70. The maximum absolute atomic E-state index is 12.2. The maximum atomic E-state index is 12.2. The smallest absolute Gasteiger partial charge is 0.240 e. The average Bonchev–Trinajstić information content (AvgIpc) is 3.16. The molecule has 0 saturated carbocycles. The Balaban J connectivity index is 1.52. The molecule has 0 aliphatic carbocycles. The van der Waals surface area contributed by atoms with Crippen LogP contribution in [0.2, 0.25) is 10.0 Å². The van der Waals surface area contributed by atoms with Crippen molar-refractivity contribution in [2.75, 3.05) is 13.2 Å². The summed E-state index contributed by atoms with van der Waals surface area (Å²) in [4.78, 5) is 1.05. The van der Waals surface area contributed by atoms with E-state index in [0.717, 1.165) is 10.6 Å². The van der Waals surface area contributed by atoms with Gasteiger partial charge in [0.25, 0.3) is 0 Å². The van der Waals surface area contributed by atoms with Crippen molar-refractivity contribution in [3.63, 3.8) is 0 Å². The van der Waals surface area contributed by atoms with Crippen molar-refractivity contribution in [3.05, 3.63) is 57.9 Å². The summed E-state index contributed by atoms with van der Waals surface area (Å²) in [5.74, 6) is 0.319. The molecule has 0 bridgehead atoms. The zero-order valence-electron chi connectivity index (χ0n) is 13.2. The molecule has 136 valence electrons. The zero-order valence-corrected chi connectivity index (χ0v) is 16.4. The topological polar surface area (TPSA) is 81.2 Å². The maximum Gasteiger partial charge on any atom is 0.240 e. The fourth-order valence-electron chi connectivity index (χ4n) is 2.01. The number of halogens is 2. The molecule has 0 atom stereocenters. The number of nitrogens with one attached hydrogen (secondary N) is 1. The van der Waals surface area contributed by atoms with E-state index in [2.05, 4.69) is 14.9 Å². The van der Waals surface area contributed by atoms with E-state index in [1.54, 1.807) is 23.5 Å². The molecule has 3 rings (SSSR count).